The number of nitrogens with one attached hydrogen (secondary N) is 3. The zero-order chi connectivity index (χ0) is 17.2. The molecule has 6 atom stereocenters. The second-order valence-corrected chi connectivity index (χ2v) is 8.55. The summed E-state index contributed by atoms with van der Waals surface area (Å²) in [5, 5.41) is 6.32. The number of nitrogens with two attached hydrogens (primary N) is 1. The van der Waals surface area contributed by atoms with Gasteiger partial charge >= 0.3 is 0 Å². The topological polar surface area (TPSA) is 66.8 Å². The Kier molecular flexibility index (Phi) is 5.91. The SMILES string of the molecule is CC(C)[NH+]1CCC[C@H]1C1NC(C2CC[NH2+]C(N3CCOCC3)C2)NO1. The van der Waals surface area contributed by atoms with Gasteiger partial charge in [0.1, 0.15) is 12.2 Å². The van der Waals surface area contributed by atoms with E-state index in [4.69, 9.17) is 9.57 Å². The molecule has 4 fully saturated rings. The molecule has 4 aliphatic rings. The van der Waals surface area contributed by atoms with E-state index in [1.54, 1.807) is 4.90 Å². The molecule has 0 aromatic carbocycles. The Hall–Kier alpha value is -0.280. The second-order valence-electron chi connectivity index (χ2n) is 8.55. The zero-order valence-electron chi connectivity index (χ0n) is 15.9. The van der Waals surface area contributed by atoms with E-state index in [0.717, 1.165) is 26.3 Å². The Morgan fingerprint density at radius 2 is 2.04 bits per heavy atom. The first kappa shape index (κ1) is 18.1. The average Bonchev–Trinajstić information content (AvgIpc) is 3.32. The van der Waals surface area contributed by atoms with Crippen LogP contribution < -0.4 is 21.0 Å². The summed E-state index contributed by atoms with van der Waals surface area (Å²) in [5.41, 5.74) is 3.35. The molecule has 0 amide bonds. The molecule has 4 heterocycles. The Morgan fingerprint density at radius 1 is 1.20 bits per heavy atom. The summed E-state index contributed by atoms with van der Waals surface area (Å²) in [4.78, 5) is 10.3. The molecule has 0 bridgehead atoms. The Bertz CT molecular complexity index is 432. The summed E-state index contributed by atoms with van der Waals surface area (Å²) in [6, 6.07) is 1.26. The van der Waals surface area contributed by atoms with Gasteiger partial charge in [0.2, 0.25) is 0 Å². The first-order chi connectivity index (χ1) is 12.2. The molecule has 0 aliphatic carbocycles. The number of hydroxylamine groups is 1. The highest BCUT2D eigenvalue weighted by Crippen LogP contribution is 2.22. The number of likely N-dealkylation sites (tertiary alicyclic amines) is 1. The van der Waals surface area contributed by atoms with Gasteiger partial charge in [-0.25, -0.2) is 4.90 Å². The van der Waals surface area contributed by atoms with E-state index in [9.17, 15) is 0 Å². The fourth-order valence-corrected chi connectivity index (χ4v) is 5.32. The van der Waals surface area contributed by atoms with Crippen LogP contribution in [0.3, 0.4) is 0 Å². The molecule has 7 heteroatoms. The normalized spacial score (nSPS) is 43.8. The van der Waals surface area contributed by atoms with E-state index in [-0.39, 0.29) is 6.23 Å². The van der Waals surface area contributed by atoms with Crippen molar-refractivity contribution in [2.24, 2.45) is 5.92 Å². The lowest BCUT2D eigenvalue weighted by atomic mass is 9.92. The number of quaternary nitrogens is 2. The van der Waals surface area contributed by atoms with Gasteiger partial charge < -0.3 is 15.0 Å². The Labute approximate surface area is 151 Å². The highest BCUT2D eigenvalue weighted by Gasteiger charge is 2.44. The van der Waals surface area contributed by atoms with Crippen molar-refractivity contribution >= 4 is 0 Å². The van der Waals surface area contributed by atoms with Gasteiger partial charge in [-0.15, -0.1) is 0 Å². The number of piperidine rings is 1. The maximum absolute atomic E-state index is 6.04. The fraction of sp³-hybridized carbons (Fsp3) is 1.00. The molecule has 0 aromatic rings. The predicted molar refractivity (Wildman–Crippen MR) is 94.6 cm³/mol. The van der Waals surface area contributed by atoms with Crippen molar-refractivity contribution < 1.29 is 19.8 Å². The summed E-state index contributed by atoms with van der Waals surface area (Å²) in [7, 11) is 0. The molecule has 0 spiro atoms. The highest BCUT2D eigenvalue weighted by atomic mass is 16.7. The standard InChI is InChI=1S/C18H35N5O2/c1-13(2)23-7-3-4-15(23)18-20-17(21-25-18)14-5-6-19-16(12-14)22-8-10-24-11-9-22/h13-21H,3-12H2,1-2H3/p+2/t14?,15-,16?,17?,18?/m0/s1. The van der Waals surface area contributed by atoms with Crippen molar-refractivity contribution in [1.82, 2.24) is 15.7 Å². The monoisotopic (exact) mass is 355 g/mol. The minimum atomic E-state index is 0.164. The second kappa shape index (κ2) is 8.17. The molecule has 7 nitrogen and oxygen atoms in total. The lowest BCUT2D eigenvalue weighted by Crippen LogP contribution is -3.18. The molecule has 4 saturated heterocycles. The van der Waals surface area contributed by atoms with Crippen LogP contribution in [-0.4, -0.2) is 74.9 Å². The summed E-state index contributed by atoms with van der Waals surface area (Å²) in [6.45, 7) is 11.1. The van der Waals surface area contributed by atoms with Crippen LogP contribution in [0.1, 0.15) is 39.5 Å². The predicted octanol–water partition coefficient (Wildman–Crippen LogP) is -2.15. The number of nitrogens with zero attached hydrogens (tertiary/aromatic N) is 1. The van der Waals surface area contributed by atoms with Crippen LogP contribution in [0.5, 0.6) is 0 Å². The van der Waals surface area contributed by atoms with E-state index in [0.29, 0.717) is 30.3 Å². The van der Waals surface area contributed by atoms with Gasteiger partial charge in [0.25, 0.3) is 0 Å². The average molecular weight is 356 g/mol. The first-order valence-electron chi connectivity index (χ1n) is 10.4. The molecule has 4 rings (SSSR count). The van der Waals surface area contributed by atoms with Crippen molar-refractivity contribution in [1.29, 1.82) is 0 Å². The summed E-state index contributed by atoms with van der Waals surface area (Å²) >= 11 is 0. The molecular formula is C18H37N5O2+2. The minimum Gasteiger partial charge on any atom is -0.379 e. The van der Waals surface area contributed by atoms with E-state index < -0.39 is 0 Å². The molecule has 0 saturated carbocycles. The van der Waals surface area contributed by atoms with Crippen molar-refractivity contribution in [3.8, 4) is 0 Å². The Morgan fingerprint density at radius 3 is 2.84 bits per heavy atom. The van der Waals surface area contributed by atoms with Crippen LogP contribution in [0.25, 0.3) is 0 Å². The van der Waals surface area contributed by atoms with Gasteiger partial charge in [-0.05, 0) is 13.8 Å². The lowest BCUT2D eigenvalue weighted by molar-refractivity contribution is -0.937. The van der Waals surface area contributed by atoms with Crippen LogP contribution in [0.4, 0.5) is 0 Å². The quantitative estimate of drug-likeness (QED) is 0.463. The van der Waals surface area contributed by atoms with Gasteiger partial charge in [-0.3, -0.25) is 10.2 Å². The van der Waals surface area contributed by atoms with Crippen LogP contribution in [0, 0.1) is 5.92 Å². The fourth-order valence-electron chi connectivity index (χ4n) is 5.32. The third kappa shape index (κ3) is 4.03. The largest absolute Gasteiger partial charge is 0.379 e. The molecule has 25 heavy (non-hydrogen) atoms. The van der Waals surface area contributed by atoms with Crippen molar-refractivity contribution in [2.75, 3.05) is 39.4 Å². The van der Waals surface area contributed by atoms with Crippen LogP contribution in [0.15, 0.2) is 0 Å². The number of ether oxygens (including phenoxy) is 1. The van der Waals surface area contributed by atoms with Crippen molar-refractivity contribution in [2.45, 2.75) is 70.2 Å². The molecule has 0 radical (unpaired) electrons. The summed E-state index contributed by atoms with van der Waals surface area (Å²) in [5.74, 6) is 0.645. The molecule has 144 valence electrons. The maximum Gasteiger partial charge on any atom is 0.183 e. The zero-order valence-corrected chi connectivity index (χ0v) is 15.9. The third-order valence-corrected chi connectivity index (χ3v) is 6.74. The van der Waals surface area contributed by atoms with Gasteiger partial charge in [0, 0.05) is 44.7 Å². The van der Waals surface area contributed by atoms with Gasteiger partial charge in [-0.2, -0.15) is 5.48 Å². The number of morpholine rings is 1. The minimum absolute atomic E-state index is 0.164. The maximum atomic E-state index is 6.04. The smallest absolute Gasteiger partial charge is 0.183 e. The molecule has 4 aliphatic heterocycles. The van der Waals surface area contributed by atoms with E-state index in [1.807, 2.05) is 0 Å². The summed E-state index contributed by atoms with van der Waals surface area (Å²) < 4.78 is 5.51. The van der Waals surface area contributed by atoms with Crippen molar-refractivity contribution in [3.05, 3.63) is 0 Å². The van der Waals surface area contributed by atoms with E-state index >= 15 is 0 Å². The number of hydrogen-bond acceptors (Lipinski definition) is 5. The highest BCUT2D eigenvalue weighted by molar-refractivity contribution is 4.85. The summed E-state index contributed by atoms with van der Waals surface area (Å²) in [6.07, 6.45) is 6.15. The van der Waals surface area contributed by atoms with Gasteiger partial charge in [0.15, 0.2) is 6.23 Å². The van der Waals surface area contributed by atoms with E-state index in [1.165, 1.54) is 38.8 Å². The van der Waals surface area contributed by atoms with Gasteiger partial charge in [0.05, 0.1) is 38.5 Å². The van der Waals surface area contributed by atoms with Crippen molar-refractivity contribution in [3.63, 3.8) is 0 Å². The number of hydrogen-bond donors (Lipinski definition) is 4. The third-order valence-electron chi connectivity index (χ3n) is 6.74. The first-order valence-corrected chi connectivity index (χ1v) is 10.4. The number of rotatable bonds is 4. The molecule has 0 aromatic heterocycles. The van der Waals surface area contributed by atoms with Crippen LogP contribution in [-0.2, 0) is 9.57 Å². The molecule has 5 unspecified atom stereocenters. The lowest BCUT2D eigenvalue weighted by Gasteiger charge is -2.38. The Balaban J connectivity index is 1.32. The molecule has 5 N–H and O–H groups in total. The van der Waals surface area contributed by atoms with Crippen LogP contribution in [0.2, 0.25) is 0 Å². The van der Waals surface area contributed by atoms with E-state index in [2.05, 4.69) is 34.9 Å². The van der Waals surface area contributed by atoms with Gasteiger partial charge in [-0.1, -0.05) is 0 Å². The molecular weight excluding hydrogens is 318 g/mol. The van der Waals surface area contributed by atoms with Crippen LogP contribution >= 0.6 is 0 Å².